The van der Waals surface area contributed by atoms with Gasteiger partial charge in [0.05, 0.1) is 17.7 Å². The van der Waals surface area contributed by atoms with Crippen LogP contribution in [0.2, 0.25) is 5.02 Å². The third-order valence-corrected chi connectivity index (χ3v) is 3.08. The van der Waals surface area contributed by atoms with Crippen molar-refractivity contribution in [2.75, 3.05) is 25.0 Å². The van der Waals surface area contributed by atoms with Crippen LogP contribution in [-0.4, -0.2) is 37.8 Å². The molecule has 1 amide bonds. The molecule has 0 radical (unpaired) electrons. The van der Waals surface area contributed by atoms with Gasteiger partial charge in [-0.15, -0.1) is 12.4 Å². The Morgan fingerprint density at radius 3 is 2.86 bits per heavy atom. The zero-order chi connectivity index (χ0) is 14.5. The van der Waals surface area contributed by atoms with E-state index in [1.165, 1.54) is 0 Å². The van der Waals surface area contributed by atoms with Gasteiger partial charge in [-0.2, -0.15) is 0 Å². The number of nitrogens with one attached hydrogen (secondary N) is 2. The molecule has 0 spiro atoms. The van der Waals surface area contributed by atoms with Gasteiger partial charge >= 0.3 is 0 Å². The van der Waals surface area contributed by atoms with Gasteiger partial charge < -0.3 is 20.1 Å². The number of rotatable bonds is 4. The number of morpholine rings is 1. The molecule has 1 heterocycles. The first-order valence-electron chi connectivity index (χ1n) is 6.65. The molecular weight excluding hydrogens is 315 g/mol. The predicted octanol–water partition coefficient (Wildman–Crippen LogP) is 2.48. The van der Waals surface area contributed by atoms with Gasteiger partial charge in [-0.1, -0.05) is 11.6 Å². The minimum Gasteiger partial charge on any atom is -0.489 e. The van der Waals surface area contributed by atoms with Crippen molar-refractivity contribution in [2.45, 2.75) is 26.1 Å². The highest BCUT2D eigenvalue weighted by Gasteiger charge is 2.21. The molecule has 7 heteroatoms. The van der Waals surface area contributed by atoms with Crippen LogP contribution < -0.4 is 15.4 Å². The van der Waals surface area contributed by atoms with Gasteiger partial charge in [0.15, 0.2) is 0 Å². The zero-order valence-electron chi connectivity index (χ0n) is 12.0. The van der Waals surface area contributed by atoms with E-state index in [1.54, 1.807) is 18.2 Å². The molecule has 118 valence electrons. The molecule has 1 saturated heterocycles. The van der Waals surface area contributed by atoms with E-state index >= 15 is 0 Å². The summed E-state index contributed by atoms with van der Waals surface area (Å²) in [6.45, 7) is 5.70. The zero-order valence-corrected chi connectivity index (χ0v) is 13.6. The van der Waals surface area contributed by atoms with E-state index in [-0.39, 0.29) is 24.4 Å². The summed E-state index contributed by atoms with van der Waals surface area (Å²) in [4.78, 5) is 12.0. The Hall–Kier alpha value is -1.01. The highest BCUT2D eigenvalue weighted by atomic mass is 35.5. The summed E-state index contributed by atoms with van der Waals surface area (Å²) in [5, 5.41) is 6.37. The van der Waals surface area contributed by atoms with Gasteiger partial charge in [-0.05, 0) is 32.0 Å². The predicted molar refractivity (Wildman–Crippen MR) is 85.7 cm³/mol. The Morgan fingerprint density at radius 2 is 2.29 bits per heavy atom. The molecule has 2 rings (SSSR count). The molecule has 0 aromatic heterocycles. The summed E-state index contributed by atoms with van der Waals surface area (Å²) in [6, 6.07) is 5.18. The van der Waals surface area contributed by atoms with Gasteiger partial charge in [-0.3, -0.25) is 4.79 Å². The molecule has 5 nitrogen and oxygen atoms in total. The van der Waals surface area contributed by atoms with Gasteiger partial charge in [0, 0.05) is 18.8 Å². The van der Waals surface area contributed by atoms with E-state index in [2.05, 4.69) is 10.6 Å². The van der Waals surface area contributed by atoms with Crippen LogP contribution in [0.5, 0.6) is 5.75 Å². The highest BCUT2D eigenvalue weighted by molar-refractivity contribution is 6.32. The molecule has 1 atom stereocenters. The summed E-state index contributed by atoms with van der Waals surface area (Å²) >= 11 is 6.12. The fourth-order valence-electron chi connectivity index (χ4n) is 1.88. The van der Waals surface area contributed by atoms with Crippen molar-refractivity contribution in [1.82, 2.24) is 5.32 Å². The number of ether oxygens (including phenoxy) is 2. The third kappa shape index (κ3) is 5.36. The number of carbonyl (C=O) groups is 1. The molecule has 2 N–H and O–H groups in total. The van der Waals surface area contributed by atoms with E-state index in [4.69, 9.17) is 21.1 Å². The lowest BCUT2D eigenvalue weighted by molar-refractivity contribution is -0.128. The Morgan fingerprint density at radius 1 is 1.52 bits per heavy atom. The number of carbonyl (C=O) groups excluding carboxylic acids is 1. The maximum Gasteiger partial charge on any atom is 0.254 e. The van der Waals surface area contributed by atoms with Gasteiger partial charge in [0.2, 0.25) is 0 Å². The molecule has 1 unspecified atom stereocenters. The minimum absolute atomic E-state index is 0. The molecule has 21 heavy (non-hydrogen) atoms. The molecular formula is C14H20Cl2N2O3. The van der Waals surface area contributed by atoms with Crippen LogP contribution in [0.3, 0.4) is 0 Å². The summed E-state index contributed by atoms with van der Waals surface area (Å²) in [6.07, 6.45) is -0.413. The lowest BCUT2D eigenvalue weighted by atomic mass is 10.2. The van der Waals surface area contributed by atoms with Crippen molar-refractivity contribution < 1.29 is 14.3 Å². The summed E-state index contributed by atoms with van der Waals surface area (Å²) < 4.78 is 10.9. The monoisotopic (exact) mass is 334 g/mol. The van der Waals surface area contributed by atoms with Crippen LogP contribution in [0.4, 0.5) is 5.69 Å². The second-order valence-corrected chi connectivity index (χ2v) is 5.27. The second kappa shape index (κ2) is 8.44. The smallest absolute Gasteiger partial charge is 0.254 e. The molecule has 1 aromatic carbocycles. The van der Waals surface area contributed by atoms with Gasteiger partial charge in [0.25, 0.3) is 5.91 Å². The first-order valence-corrected chi connectivity index (χ1v) is 7.03. The fourth-order valence-corrected chi connectivity index (χ4v) is 2.11. The van der Waals surface area contributed by atoms with Crippen LogP contribution in [0.15, 0.2) is 18.2 Å². The molecule has 1 aromatic rings. The quantitative estimate of drug-likeness (QED) is 0.888. The molecule has 1 fully saturated rings. The molecule has 1 aliphatic rings. The minimum atomic E-state index is -0.464. The summed E-state index contributed by atoms with van der Waals surface area (Å²) in [7, 11) is 0. The van der Waals surface area contributed by atoms with E-state index < -0.39 is 6.10 Å². The van der Waals surface area contributed by atoms with Crippen LogP contribution in [0, 0.1) is 0 Å². The average molecular weight is 335 g/mol. The van der Waals surface area contributed by atoms with Crippen LogP contribution in [-0.2, 0) is 9.53 Å². The first-order chi connectivity index (χ1) is 9.56. The number of anilines is 1. The Balaban J connectivity index is 0.00000220. The van der Waals surface area contributed by atoms with E-state index in [0.717, 1.165) is 6.54 Å². The number of hydrogen-bond acceptors (Lipinski definition) is 4. The maximum absolute atomic E-state index is 12.0. The Bertz CT molecular complexity index is 477. The summed E-state index contributed by atoms with van der Waals surface area (Å²) in [5.41, 5.74) is 0.630. The Labute approximate surface area is 135 Å². The van der Waals surface area contributed by atoms with Crippen molar-refractivity contribution in [2.24, 2.45) is 0 Å². The van der Waals surface area contributed by atoms with Crippen molar-refractivity contribution in [1.29, 1.82) is 0 Å². The fraction of sp³-hybridized carbons (Fsp3) is 0.500. The molecule has 0 saturated carbocycles. The van der Waals surface area contributed by atoms with E-state index in [9.17, 15) is 4.79 Å². The lowest BCUT2D eigenvalue weighted by Gasteiger charge is -2.22. The Kier molecular flexibility index (Phi) is 7.25. The van der Waals surface area contributed by atoms with Crippen LogP contribution in [0.1, 0.15) is 13.8 Å². The standard InChI is InChI=1S/C14H19ClN2O3.ClH/c1-9(2)20-12-4-3-10(7-11(12)15)17-14(18)13-8-16-5-6-19-13;/h3-4,7,9,13,16H,5-6,8H2,1-2H3,(H,17,18);1H. The van der Waals surface area contributed by atoms with E-state index in [0.29, 0.717) is 29.6 Å². The second-order valence-electron chi connectivity index (χ2n) is 4.86. The lowest BCUT2D eigenvalue weighted by Crippen LogP contribution is -2.45. The number of benzene rings is 1. The molecule has 0 bridgehead atoms. The SMILES string of the molecule is CC(C)Oc1ccc(NC(=O)C2CNCCO2)cc1Cl.Cl. The number of halogens is 2. The normalized spacial score (nSPS) is 18.0. The largest absolute Gasteiger partial charge is 0.489 e. The maximum atomic E-state index is 12.0. The third-order valence-electron chi connectivity index (χ3n) is 2.78. The van der Waals surface area contributed by atoms with Crippen molar-refractivity contribution in [3.05, 3.63) is 23.2 Å². The van der Waals surface area contributed by atoms with Crippen molar-refractivity contribution in [3.63, 3.8) is 0 Å². The summed E-state index contributed by atoms with van der Waals surface area (Å²) in [5.74, 6) is 0.432. The molecule has 1 aliphatic heterocycles. The van der Waals surface area contributed by atoms with Gasteiger partial charge in [-0.25, -0.2) is 0 Å². The van der Waals surface area contributed by atoms with E-state index in [1.807, 2.05) is 13.8 Å². The molecule has 0 aliphatic carbocycles. The van der Waals surface area contributed by atoms with Gasteiger partial charge in [0.1, 0.15) is 11.9 Å². The highest BCUT2D eigenvalue weighted by Crippen LogP contribution is 2.28. The number of hydrogen-bond donors (Lipinski definition) is 2. The number of amides is 1. The average Bonchev–Trinajstić information content (AvgIpc) is 2.42. The van der Waals surface area contributed by atoms with Crippen LogP contribution in [0.25, 0.3) is 0 Å². The first kappa shape index (κ1) is 18.0. The van der Waals surface area contributed by atoms with Crippen molar-refractivity contribution >= 4 is 35.6 Å². The topological polar surface area (TPSA) is 59.6 Å². The van der Waals surface area contributed by atoms with Crippen molar-refractivity contribution in [3.8, 4) is 5.75 Å². The van der Waals surface area contributed by atoms with Crippen LogP contribution >= 0.6 is 24.0 Å².